The molecule has 1 aliphatic heterocycles. The van der Waals surface area contributed by atoms with Gasteiger partial charge in [-0.05, 0) is 24.3 Å². The van der Waals surface area contributed by atoms with E-state index in [0.29, 0.717) is 39.3 Å². The Balaban J connectivity index is 2.01. The average molecular weight is 417 g/mol. The van der Waals surface area contributed by atoms with Crippen LogP contribution in [0.1, 0.15) is 23.4 Å². The van der Waals surface area contributed by atoms with Gasteiger partial charge in [-0.25, -0.2) is 5.01 Å². The van der Waals surface area contributed by atoms with Crippen LogP contribution < -0.4 is 24.7 Å². The van der Waals surface area contributed by atoms with Gasteiger partial charge in [0.15, 0.2) is 23.0 Å². The molecule has 1 atom stereocenters. The number of methoxy groups -OCH3 is 4. The molecule has 1 amide bonds. The molecule has 154 valence electrons. The van der Waals surface area contributed by atoms with Gasteiger partial charge in [0.25, 0.3) is 0 Å². The second-order valence-electron chi connectivity index (χ2n) is 6.14. The van der Waals surface area contributed by atoms with Gasteiger partial charge in [0.1, 0.15) is 10.4 Å². The van der Waals surface area contributed by atoms with E-state index >= 15 is 0 Å². The lowest BCUT2D eigenvalue weighted by Gasteiger charge is -2.22. The van der Waals surface area contributed by atoms with Gasteiger partial charge in [0.2, 0.25) is 5.91 Å². The summed E-state index contributed by atoms with van der Waals surface area (Å²) in [7, 11) is 6.24. The van der Waals surface area contributed by atoms with Gasteiger partial charge in [-0.15, -0.1) is 0 Å². The van der Waals surface area contributed by atoms with Crippen LogP contribution >= 0.6 is 11.8 Å². The van der Waals surface area contributed by atoms with Crippen LogP contribution in [-0.4, -0.2) is 44.4 Å². The van der Waals surface area contributed by atoms with Crippen molar-refractivity contribution in [1.29, 1.82) is 0 Å². The molecule has 0 spiro atoms. The fraction of sp³-hybridized carbons (Fsp3) is 0.300. The Hall–Kier alpha value is -3.07. The minimum absolute atomic E-state index is 0.202. The number of benzene rings is 2. The Morgan fingerprint density at radius 2 is 1.55 bits per heavy atom. The van der Waals surface area contributed by atoms with Crippen molar-refractivity contribution in [1.82, 2.24) is 5.01 Å². The van der Waals surface area contributed by atoms with Crippen molar-refractivity contribution in [3.8, 4) is 23.0 Å². The van der Waals surface area contributed by atoms with Gasteiger partial charge in [-0.1, -0.05) is 11.8 Å². The maximum Gasteiger partial charge on any atom is 0.240 e. The zero-order valence-electron chi connectivity index (χ0n) is 16.9. The van der Waals surface area contributed by atoms with Crippen molar-refractivity contribution in [2.75, 3.05) is 34.2 Å². The van der Waals surface area contributed by atoms with E-state index in [-0.39, 0.29) is 5.91 Å². The van der Waals surface area contributed by atoms with Crippen LogP contribution in [0.2, 0.25) is 0 Å². The molecule has 1 aliphatic rings. The first-order valence-corrected chi connectivity index (χ1v) is 9.60. The molecular weight excluding hydrogens is 394 g/mol. The number of hydrogen-bond donors (Lipinski definition) is 1. The average Bonchev–Trinajstić information content (AvgIpc) is 3.18. The summed E-state index contributed by atoms with van der Waals surface area (Å²) >= 11 is 1.42. The van der Waals surface area contributed by atoms with E-state index in [2.05, 4.69) is 5.10 Å². The highest BCUT2D eigenvalue weighted by atomic mass is 32.2. The molecule has 0 saturated heterocycles. The smallest absolute Gasteiger partial charge is 0.240 e. The van der Waals surface area contributed by atoms with E-state index in [4.69, 9.17) is 24.7 Å². The Labute approximate surface area is 173 Å². The van der Waals surface area contributed by atoms with Gasteiger partial charge in [-0.2, -0.15) is 5.10 Å². The van der Waals surface area contributed by atoms with Crippen LogP contribution in [0, 0.1) is 0 Å². The summed E-state index contributed by atoms with van der Waals surface area (Å²) in [6.07, 6.45) is 0. The van der Waals surface area contributed by atoms with Crippen LogP contribution in [0.3, 0.4) is 0 Å². The number of thioether (sulfide) groups is 1. The van der Waals surface area contributed by atoms with E-state index in [1.165, 1.54) is 23.7 Å². The number of anilines is 1. The molecule has 0 saturated carbocycles. The zero-order chi connectivity index (χ0) is 21.1. The summed E-state index contributed by atoms with van der Waals surface area (Å²) in [6, 6.07) is 8.94. The summed E-state index contributed by atoms with van der Waals surface area (Å²) in [6.45, 7) is 1.46. The predicted molar refractivity (Wildman–Crippen MR) is 113 cm³/mol. The minimum atomic E-state index is -0.435. The summed E-state index contributed by atoms with van der Waals surface area (Å²) in [4.78, 5) is 12.3. The maximum atomic E-state index is 12.3. The number of nitrogens with two attached hydrogens (primary N) is 1. The molecule has 1 heterocycles. The zero-order valence-corrected chi connectivity index (χ0v) is 17.7. The first kappa shape index (κ1) is 20.7. The molecule has 0 radical (unpaired) electrons. The van der Waals surface area contributed by atoms with E-state index in [0.717, 1.165) is 5.56 Å². The molecule has 0 bridgehead atoms. The lowest BCUT2D eigenvalue weighted by atomic mass is 10.1. The first-order valence-electron chi connectivity index (χ1n) is 8.72. The molecule has 29 heavy (non-hydrogen) atoms. The lowest BCUT2D eigenvalue weighted by Crippen LogP contribution is -2.23. The summed E-state index contributed by atoms with van der Waals surface area (Å²) in [5.41, 5.74) is 8.25. The third kappa shape index (κ3) is 3.91. The largest absolute Gasteiger partial charge is 0.493 e. The Morgan fingerprint density at radius 1 is 0.966 bits per heavy atom. The normalized spacial score (nSPS) is 15.7. The fourth-order valence-corrected chi connectivity index (χ4v) is 4.22. The number of hydrazone groups is 1. The molecule has 2 aromatic rings. The number of nitrogen functional groups attached to an aromatic ring is 1. The van der Waals surface area contributed by atoms with Crippen molar-refractivity contribution in [2.45, 2.75) is 12.3 Å². The topological polar surface area (TPSA) is 95.6 Å². The molecule has 0 aromatic heterocycles. The van der Waals surface area contributed by atoms with Crippen molar-refractivity contribution in [2.24, 2.45) is 5.10 Å². The molecule has 0 unspecified atom stereocenters. The van der Waals surface area contributed by atoms with Crippen LogP contribution in [0.4, 0.5) is 5.69 Å². The van der Waals surface area contributed by atoms with Crippen molar-refractivity contribution < 1.29 is 23.7 Å². The summed E-state index contributed by atoms with van der Waals surface area (Å²) in [5, 5.41) is 6.17. The van der Waals surface area contributed by atoms with Crippen LogP contribution in [0.15, 0.2) is 35.4 Å². The van der Waals surface area contributed by atoms with Crippen molar-refractivity contribution in [3.05, 3.63) is 41.5 Å². The second kappa shape index (κ2) is 8.52. The number of amides is 1. The SMILES string of the molecule is COc1ccc(C2=NN(C(C)=O)[C@H](c3cc(OC)c(OC)cc3N)S2)cc1OC. The van der Waals surface area contributed by atoms with Gasteiger partial charge in [0.05, 0.1) is 28.4 Å². The van der Waals surface area contributed by atoms with E-state index < -0.39 is 5.37 Å². The second-order valence-corrected chi connectivity index (χ2v) is 7.21. The number of rotatable bonds is 6. The highest BCUT2D eigenvalue weighted by molar-refractivity contribution is 8.14. The lowest BCUT2D eigenvalue weighted by molar-refractivity contribution is -0.129. The standard InChI is InChI=1S/C20H23N3O5S/c1-11(24)23-20(13-9-17(27-4)18(28-5)10-14(13)21)29-19(22-23)12-6-7-15(25-2)16(8-12)26-3/h6-10,20H,21H2,1-5H3/t20-/m0/s1. The van der Waals surface area contributed by atoms with Crippen molar-refractivity contribution >= 4 is 28.4 Å². The number of carbonyl (C=O) groups excluding carboxylic acids is 1. The van der Waals surface area contributed by atoms with Gasteiger partial charge in [0, 0.05) is 29.8 Å². The number of ether oxygens (including phenoxy) is 4. The maximum absolute atomic E-state index is 12.3. The molecule has 3 rings (SSSR count). The Kier molecular flexibility index (Phi) is 6.07. The van der Waals surface area contributed by atoms with Gasteiger partial charge < -0.3 is 24.7 Å². The highest BCUT2D eigenvalue weighted by Crippen LogP contribution is 2.46. The molecule has 2 aromatic carbocycles. The monoisotopic (exact) mass is 417 g/mol. The van der Waals surface area contributed by atoms with Crippen LogP contribution in [-0.2, 0) is 4.79 Å². The number of nitrogens with zero attached hydrogens (tertiary/aromatic N) is 2. The first-order chi connectivity index (χ1) is 13.9. The van der Waals surface area contributed by atoms with Gasteiger partial charge >= 0.3 is 0 Å². The van der Waals surface area contributed by atoms with E-state index in [1.807, 2.05) is 12.1 Å². The third-order valence-corrected chi connectivity index (χ3v) is 5.67. The van der Waals surface area contributed by atoms with E-state index in [1.54, 1.807) is 46.6 Å². The summed E-state index contributed by atoms with van der Waals surface area (Å²) in [5.74, 6) is 2.04. The number of carbonyl (C=O) groups is 1. The molecular formula is C20H23N3O5S. The molecule has 8 nitrogen and oxygen atoms in total. The van der Waals surface area contributed by atoms with Crippen molar-refractivity contribution in [3.63, 3.8) is 0 Å². The number of hydrogen-bond acceptors (Lipinski definition) is 8. The van der Waals surface area contributed by atoms with Crippen LogP contribution in [0.5, 0.6) is 23.0 Å². The fourth-order valence-electron chi connectivity index (χ4n) is 2.98. The highest BCUT2D eigenvalue weighted by Gasteiger charge is 2.34. The van der Waals surface area contributed by atoms with Crippen LogP contribution in [0.25, 0.3) is 0 Å². The quantitative estimate of drug-likeness (QED) is 0.721. The van der Waals surface area contributed by atoms with E-state index in [9.17, 15) is 4.79 Å². The molecule has 2 N–H and O–H groups in total. The molecule has 9 heteroatoms. The minimum Gasteiger partial charge on any atom is -0.493 e. The Morgan fingerprint density at radius 3 is 2.14 bits per heavy atom. The third-order valence-electron chi connectivity index (χ3n) is 4.45. The molecule has 0 aliphatic carbocycles. The van der Waals surface area contributed by atoms with Gasteiger partial charge in [-0.3, -0.25) is 4.79 Å². The molecule has 0 fully saturated rings. The predicted octanol–water partition coefficient (Wildman–Crippen LogP) is 3.26. The summed E-state index contributed by atoms with van der Waals surface area (Å²) < 4.78 is 21.4. The Bertz CT molecular complexity index is 963.